The van der Waals surface area contributed by atoms with Crippen LogP contribution >= 0.6 is 0 Å². The third kappa shape index (κ3) is 4.72. The molecule has 2 aromatic carbocycles. The molecule has 0 aliphatic carbocycles. The Kier molecular flexibility index (Phi) is 6.40. The fraction of sp³-hybridized carbons (Fsp3) is 0.200. The molecule has 0 saturated heterocycles. The summed E-state index contributed by atoms with van der Waals surface area (Å²) in [4.78, 5) is 0.249. The molecule has 0 unspecified atom stereocenters. The molecule has 25 heavy (non-hydrogen) atoms. The van der Waals surface area contributed by atoms with Crippen LogP contribution in [0.1, 0.15) is 11.1 Å². The van der Waals surface area contributed by atoms with E-state index >= 15 is 0 Å². The van der Waals surface area contributed by atoms with Crippen molar-refractivity contribution in [1.29, 1.82) is 0 Å². The number of ether oxygens (including phenoxy) is 1. The fourth-order valence-corrected chi connectivity index (χ4v) is 3.54. The minimum absolute atomic E-state index is 0.0697. The minimum Gasteiger partial charge on any atom is -0.495 e. The number of aryl methyl sites for hydroxylation is 1. The normalized spacial score (nSPS) is 10.8. The molecule has 0 aliphatic heterocycles. The zero-order valence-corrected chi connectivity index (χ0v) is 15.2. The number of nitrogens with zero attached hydrogens (tertiary/aromatic N) is 1. The lowest BCUT2D eigenvalue weighted by atomic mass is 10.2. The summed E-state index contributed by atoms with van der Waals surface area (Å²) >= 11 is 0. The smallest absolute Gasteiger partial charge is 0.244 e. The second-order valence-electron chi connectivity index (χ2n) is 5.40. The van der Waals surface area contributed by atoms with Crippen LogP contribution in [0.25, 0.3) is 0 Å². The average molecular weight is 355 g/mol. The lowest BCUT2D eigenvalue weighted by Crippen LogP contribution is -2.31. The van der Waals surface area contributed by atoms with Crippen LogP contribution in [0.3, 0.4) is 0 Å². The van der Waals surface area contributed by atoms with Gasteiger partial charge in [0.2, 0.25) is 10.0 Å². The molecule has 0 spiro atoms. The Morgan fingerprint density at radius 3 is 2.48 bits per heavy atom. The van der Waals surface area contributed by atoms with Gasteiger partial charge in [-0.2, -0.15) is 4.31 Å². The SMILES string of the molecule is C=CCN(CC#Cc1ccccc1OC)S(=O)(=O)c1ccc(C)cc1. The largest absolute Gasteiger partial charge is 0.495 e. The highest BCUT2D eigenvalue weighted by atomic mass is 32.2. The van der Waals surface area contributed by atoms with Crippen molar-refractivity contribution in [2.24, 2.45) is 0 Å². The second kappa shape index (κ2) is 8.52. The van der Waals surface area contributed by atoms with Crippen LogP contribution in [0.4, 0.5) is 0 Å². The van der Waals surface area contributed by atoms with Gasteiger partial charge in [-0.15, -0.1) is 6.58 Å². The van der Waals surface area contributed by atoms with Crippen molar-refractivity contribution in [2.45, 2.75) is 11.8 Å². The molecular formula is C20H21NO3S. The van der Waals surface area contributed by atoms with Crippen LogP contribution in [0, 0.1) is 18.8 Å². The van der Waals surface area contributed by atoms with E-state index in [-0.39, 0.29) is 18.0 Å². The van der Waals surface area contributed by atoms with E-state index in [1.54, 1.807) is 37.5 Å². The Morgan fingerprint density at radius 2 is 1.84 bits per heavy atom. The van der Waals surface area contributed by atoms with E-state index in [2.05, 4.69) is 18.4 Å². The van der Waals surface area contributed by atoms with Crippen LogP contribution < -0.4 is 4.74 Å². The van der Waals surface area contributed by atoms with E-state index in [9.17, 15) is 8.42 Å². The third-order valence-corrected chi connectivity index (χ3v) is 5.40. The topological polar surface area (TPSA) is 46.6 Å². The predicted molar refractivity (Wildman–Crippen MR) is 100 cm³/mol. The average Bonchev–Trinajstić information content (AvgIpc) is 2.61. The third-order valence-electron chi connectivity index (χ3n) is 3.58. The molecule has 0 atom stereocenters. The molecule has 0 bridgehead atoms. The molecule has 4 nitrogen and oxygen atoms in total. The second-order valence-corrected chi connectivity index (χ2v) is 7.34. The van der Waals surface area contributed by atoms with Gasteiger partial charge >= 0.3 is 0 Å². The van der Waals surface area contributed by atoms with Gasteiger partial charge in [-0.25, -0.2) is 8.42 Å². The quantitative estimate of drug-likeness (QED) is 0.590. The Balaban J connectivity index is 2.26. The van der Waals surface area contributed by atoms with E-state index in [4.69, 9.17) is 4.74 Å². The Bertz CT molecular complexity index is 891. The highest BCUT2D eigenvalue weighted by Crippen LogP contribution is 2.17. The van der Waals surface area contributed by atoms with Gasteiger partial charge in [0.05, 0.1) is 24.1 Å². The van der Waals surface area contributed by atoms with Crippen molar-refractivity contribution in [2.75, 3.05) is 20.2 Å². The van der Waals surface area contributed by atoms with Crippen molar-refractivity contribution >= 4 is 10.0 Å². The Hall–Kier alpha value is -2.55. The molecule has 5 heteroatoms. The number of para-hydroxylation sites is 1. The molecule has 0 aromatic heterocycles. The maximum atomic E-state index is 12.8. The van der Waals surface area contributed by atoms with Gasteiger partial charge in [-0.3, -0.25) is 0 Å². The van der Waals surface area contributed by atoms with Gasteiger partial charge < -0.3 is 4.74 Å². The van der Waals surface area contributed by atoms with Gasteiger partial charge in [0.1, 0.15) is 5.75 Å². The highest BCUT2D eigenvalue weighted by Gasteiger charge is 2.22. The molecule has 0 aliphatic rings. The summed E-state index contributed by atoms with van der Waals surface area (Å²) in [5.74, 6) is 6.55. The van der Waals surface area contributed by atoms with E-state index in [0.29, 0.717) is 5.75 Å². The van der Waals surface area contributed by atoms with Gasteiger partial charge in [-0.1, -0.05) is 47.7 Å². The van der Waals surface area contributed by atoms with Crippen molar-refractivity contribution in [1.82, 2.24) is 4.31 Å². The van der Waals surface area contributed by atoms with Gasteiger partial charge in [0.25, 0.3) is 0 Å². The molecule has 2 aromatic rings. The van der Waals surface area contributed by atoms with Crippen molar-refractivity contribution in [3.63, 3.8) is 0 Å². The standard InChI is InChI=1S/C20H21NO3S/c1-4-15-21(25(22,23)19-13-11-17(2)12-14-19)16-7-9-18-8-5-6-10-20(18)24-3/h4-6,8,10-14H,1,15-16H2,2-3H3. The molecule has 130 valence electrons. The first-order chi connectivity index (χ1) is 12.0. The molecule has 0 radical (unpaired) electrons. The van der Waals surface area contributed by atoms with E-state index in [0.717, 1.165) is 11.1 Å². The number of benzene rings is 2. The lowest BCUT2D eigenvalue weighted by molar-refractivity contribution is 0.413. The number of rotatable bonds is 6. The van der Waals surface area contributed by atoms with Crippen LogP contribution in [0.5, 0.6) is 5.75 Å². The van der Waals surface area contributed by atoms with Crippen LogP contribution in [0.2, 0.25) is 0 Å². The Labute approximate surface area is 149 Å². The first-order valence-corrected chi connectivity index (χ1v) is 9.22. The summed E-state index contributed by atoms with van der Waals surface area (Å²) in [6, 6.07) is 14.1. The van der Waals surface area contributed by atoms with Crippen molar-refractivity contribution in [3.05, 3.63) is 72.3 Å². The van der Waals surface area contributed by atoms with E-state index in [1.165, 1.54) is 4.31 Å². The van der Waals surface area contributed by atoms with Crippen LogP contribution in [0.15, 0.2) is 66.1 Å². The molecule has 0 heterocycles. The zero-order chi connectivity index (χ0) is 18.3. The summed E-state index contributed by atoms with van der Waals surface area (Å²) in [5.41, 5.74) is 1.72. The van der Waals surface area contributed by atoms with Crippen LogP contribution in [-0.2, 0) is 10.0 Å². The van der Waals surface area contributed by atoms with Gasteiger partial charge in [0, 0.05) is 6.54 Å². The maximum absolute atomic E-state index is 12.8. The molecule has 2 rings (SSSR count). The summed E-state index contributed by atoms with van der Waals surface area (Å²) in [6.07, 6.45) is 1.55. The highest BCUT2D eigenvalue weighted by molar-refractivity contribution is 7.89. The summed E-state index contributed by atoms with van der Waals surface area (Å²) in [5, 5.41) is 0. The summed E-state index contributed by atoms with van der Waals surface area (Å²) in [7, 11) is -2.05. The fourth-order valence-electron chi connectivity index (χ4n) is 2.22. The zero-order valence-electron chi connectivity index (χ0n) is 14.4. The lowest BCUT2D eigenvalue weighted by Gasteiger charge is -2.18. The summed E-state index contributed by atoms with van der Waals surface area (Å²) < 4.78 is 32.1. The monoisotopic (exact) mass is 355 g/mol. The molecular weight excluding hydrogens is 334 g/mol. The number of methoxy groups -OCH3 is 1. The van der Waals surface area contributed by atoms with Crippen LogP contribution in [-0.4, -0.2) is 32.9 Å². The molecule has 0 saturated carbocycles. The van der Waals surface area contributed by atoms with E-state index < -0.39 is 10.0 Å². The number of sulfonamides is 1. The van der Waals surface area contributed by atoms with Gasteiger partial charge in [-0.05, 0) is 31.2 Å². The first kappa shape index (κ1) is 18.8. The van der Waals surface area contributed by atoms with Gasteiger partial charge in [0.15, 0.2) is 0 Å². The Morgan fingerprint density at radius 1 is 1.16 bits per heavy atom. The summed E-state index contributed by atoms with van der Waals surface area (Å²) in [6.45, 7) is 5.82. The van der Waals surface area contributed by atoms with Crippen molar-refractivity contribution in [3.8, 4) is 17.6 Å². The minimum atomic E-state index is -3.62. The number of hydrogen-bond donors (Lipinski definition) is 0. The number of hydrogen-bond acceptors (Lipinski definition) is 3. The predicted octanol–water partition coefficient (Wildman–Crippen LogP) is 3.23. The maximum Gasteiger partial charge on any atom is 0.244 e. The van der Waals surface area contributed by atoms with E-state index in [1.807, 2.05) is 31.2 Å². The first-order valence-electron chi connectivity index (χ1n) is 7.78. The molecule has 0 N–H and O–H groups in total. The van der Waals surface area contributed by atoms with Crippen molar-refractivity contribution < 1.29 is 13.2 Å². The molecule has 0 amide bonds. The molecule has 0 fully saturated rings.